The van der Waals surface area contributed by atoms with E-state index in [0.717, 1.165) is 116 Å². The highest BCUT2D eigenvalue weighted by Crippen LogP contribution is 2.16. The van der Waals surface area contributed by atoms with Crippen molar-refractivity contribution in [2.24, 2.45) is 0 Å². The average molecular weight is 1150 g/mol. The maximum atomic E-state index is 13.0. The first-order chi connectivity index (χ1) is 41.0. The Hall–Kier alpha value is -4.19. The predicted octanol–water partition coefficient (Wildman–Crippen LogP) is 24.3. The lowest BCUT2D eigenvalue weighted by atomic mass is 10.0. The molecule has 6 nitrogen and oxygen atoms in total. The van der Waals surface area contributed by atoms with E-state index in [-0.39, 0.29) is 31.1 Å². The molecule has 0 bridgehead atoms. The monoisotopic (exact) mass is 1150 g/mol. The molecule has 0 saturated carbocycles. The first-order valence-corrected chi connectivity index (χ1v) is 35.0. The first kappa shape index (κ1) is 78.8. The summed E-state index contributed by atoms with van der Waals surface area (Å²) in [6.45, 7) is 6.50. The normalized spacial score (nSPS) is 12.9. The molecule has 0 amide bonds. The molecular formula is C77H130O6. The summed E-state index contributed by atoms with van der Waals surface area (Å²) >= 11 is 0. The Labute approximate surface area is 513 Å². The van der Waals surface area contributed by atoms with Crippen LogP contribution in [0.4, 0.5) is 0 Å². The molecule has 1 unspecified atom stereocenters. The third-order valence-corrected chi connectivity index (χ3v) is 14.9. The summed E-state index contributed by atoms with van der Waals surface area (Å²) in [5, 5.41) is 0. The van der Waals surface area contributed by atoms with E-state index in [2.05, 4.69) is 142 Å². The van der Waals surface area contributed by atoms with Crippen LogP contribution in [0.25, 0.3) is 0 Å². The van der Waals surface area contributed by atoms with Crippen LogP contribution < -0.4 is 0 Å². The van der Waals surface area contributed by atoms with Crippen LogP contribution in [0.1, 0.15) is 329 Å². The van der Waals surface area contributed by atoms with E-state index >= 15 is 0 Å². The minimum Gasteiger partial charge on any atom is -0.462 e. The van der Waals surface area contributed by atoms with Crippen molar-refractivity contribution < 1.29 is 28.6 Å². The van der Waals surface area contributed by atoms with Gasteiger partial charge in [0.1, 0.15) is 13.2 Å². The average Bonchev–Trinajstić information content (AvgIpc) is 3.49. The van der Waals surface area contributed by atoms with Gasteiger partial charge in [0, 0.05) is 19.3 Å². The SMILES string of the molecule is CC/C=C\C/C=C\C/C=C\C/C=C\C/C=C\CCCCCC(=O)OCC(COC(=O)CCCCCCCCCCCC/C=C\C/C=C\C/C=C\CCCCCCC)OC(=O)CCCCCCCCCCC/C=C\C/C=C\CCCCCCC. The lowest BCUT2D eigenvalue weighted by Crippen LogP contribution is -2.30. The van der Waals surface area contributed by atoms with Crippen molar-refractivity contribution >= 4 is 17.9 Å². The molecule has 0 rings (SSSR count). The van der Waals surface area contributed by atoms with Gasteiger partial charge in [0.2, 0.25) is 0 Å². The van der Waals surface area contributed by atoms with Crippen molar-refractivity contribution in [3.05, 3.63) is 122 Å². The number of carbonyl (C=O) groups excluding carboxylic acids is 3. The van der Waals surface area contributed by atoms with Crippen LogP contribution in [0, 0.1) is 0 Å². The fourth-order valence-corrected chi connectivity index (χ4v) is 9.68. The van der Waals surface area contributed by atoms with Crippen LogP contribution in [0.15, 0.2) is 122 Å². The van der Waals surface area contributed by atoms with Crippen LogP contribution in [0.5, 0.6) is 0 Å². The molecule has 0 heterocycles. The molecule has 474 valence electrons. The zero-order chi connectivity index (χ0) is 59.9. The molecule has 0 aromatic carbocycles. The molecule has 0 N–H and O–H groups in total. The van der Waals surface area contributed by atoms with Gasteiger partial charge in [0.25, 0.3) is 0 Å². The first-order valence-electron chi connectivity index (χ1n) is 35.0. The molecule has 0 aromatic heterocycles. The second-order valence-electron chi connectivity index (χ2n) is 23.1. The quantitative estimate of drug-likeness (QED) is 0.0261. The third-order valence-electron chi connectivity index (χ3n) is 14.9. The lowest BCUT2D eigenvalue weighted by Gasteiger charge is -2.18. The van der Waals surface area contributed by atoms with Crippen molar-refractivity contribution in [2.75, 3.05) is 13.2 Å². The van der Waals surface area contributed by atoms with E-state index in [0.29, 0.717) is 19.3 Å². The van der Waals surface area contributed by atoms with Crippen molar-refractivity contribution in [3.8, 4) is 0 Å². The maximum absolute atomic E-state index is 13.0. The van der Waals surface area contributed by atoms with E-state index in [1.54, 1.807) is 0 Å². The molecule has 0 radical (unpaired) electrons. The summed E-state index contributed by atoms with van der Waals surface area (Å²) in [5.41, 5.74) is 0. The third kappa shape index (κ3) is 68.5. The number of ether oxygens (including phenoxy) is 3. The van der Waals surface area contributed by atoms with Crippen molar-refractivity contribution in [1.29, 1.82) is 0 Å². The van der Waals surface area contributed by atoms with Crippen molar-refractivity contribution in [1.82, 2.24) is 0 Å². The molecule has 0 aromatic rings. The van der Waals surface area contributed by atoms with Gasteiger partial charge in [-0.05, 0) is 135 Å². The lowest BCUT2D eigenvalue weighted by molar-refractivity contribution is -0.167. The fraction of sp³-hybridized carbons (Fsp3) is 0.701. The van der Waals surface area contributed by atoms with E-state index in [1.165, 1.54) is 173 Å². The standard InChI is InChI=1S/C77H130O6/c1-4-7-10-13-16-19-22-25-28-31-34-36-37-38-39-41-43-46-49-52-55-58-61-64-67-70-76(79)82-73-74(72-81-75(78)69-66-63-60-57-54-51-48-45-42-33-30-27-24-21-18-15-12-9-6-3)83-77(80)71-68-65-62-59-56-53-50-47-44-40-35-32-29-26-23-20-17-14-11-8-5-2/h9,12,18,21-23,25-27,30-32,34-35,37-38,42,45,51,54,74H,4-8,10-11,13-17,19-20,24,28-29,33,36,39-41,43-44,46-50,52-53,55-73H2,1-3H3/b12-9-,21-18-,25-22-,26-23-,30-27-,34-31-,35-32-,38-37-,45-42-,54-51-. The Kier molecular flexibility index (Phi) is 66.7. The van der Waals surface area contributed by atoms with Gasteiger partial charge in [-0.3, -0.25) is 14.4 Å². The summed E-state index contributed by atoms with van der Waals surface area (Å²) < 4.78 is 17.0. The van der Waals surface area contributed by atoms with E-state index < -0.39 is 6.10 Å². The van der Waals surface area contributed by atoms with Crippen LogP contribution in [-0.4, -0.2) is 37.2 Å². The molecule has 0 saturated heterocycles. The molecule has 0 aliphatic heterocycles. The predicted molar refractivity (Wildman–Crippen MR) is 362 cm³/mol. The van der Waals surface area contributed by atoms with E-state index in [9.17, 15) is 14.4 Å². The Balaban J connectivity index is 4.44. The van der Waals surface area contributed by atoms with Crippen LogP contribution in [-0.2, 0) is 28.6 Å². The van der Waals surface area contributed by atoms with E-state index in [4.69, 9.17) is 14.2 Å². The molecule has 0 fully saturated rings. The van der Waals surface area contributed by atoms with Gasteiger partial charge >= 0.3 is 17.9 Å². The summed E-state index contributed by atoms with van der Waals surface area (Å²) in [6.07, 6.45) is 97.8. The van der Waals surface area contributed by atoms with Gasteiger partial charge in [-0.25, -0.2) is 0 Å². The molecular weight excluding hydrogens is 1020 g/mol. The largest absolute Gasteiger partial charge is 0.462 e. The topological polar surface area (TPSA) is 78.9 Å². The minimum absolute atomic E-state index is 0.0941. The number of hydrogen-bond donors (Lipinski definition) is 0. The van der Waals surface area contributed by atoms with Gasteiger partial charge in [0.15, 0.2) is 6.10 Å². The Morgan fingerprint density at radius 2 is 0.470 bits per heavy atom. The molecule has 83 heavy (non-hydrogen) atoms. The summed E-state index contributed by atoms with van der Waals surface area (Å²) in [4.78, 5) is 38.5. The number of esters is 3. The van der Waals surface area contributed by atoms with Crippen LogP contribution in [0.2, 0.25) is 0 Å². The second kappa shape index (κ2) is 70.3. The summed E-state index contributed by atoms with van der Waals surface area (Å²) in [5.74, 6) is -0.925. The molecule has 0 aliphatic carbocycles. The Morgan fingerprint density at radius 3 is 0.747 bits per heavy atom. The minimum atomic E-state index is -0.802. The Morgan fingerprint density at radius 1 is 0.253 bits per heavy atom. The second-order valence-corrected chi connectivity index (χ2v) is 23.1. The summed E-state index contributed by atoms with van der Waals surface area (Å²) in [7, 11) is 0. The van der Waals surface area contributed by atoms with Crippen molar-refractivity contribution in [3.63, 3.8) is 0 Å². The number of carbonyl (C=O) groups is 3. The Bertz CT molecular complexity index is 1700. The van der Waals surface area contributed by atoms with Crippen LogP contribution in [0.3, 0.4) is 0 Å². The fourth-order valence-electron chi connectivity index (χ4n) is 9.68. The number of allylic oxidation sites excluding steroid dienone is 20. The van der Waals surface area contributed by atoms with E-state index in [1.807, 2.05) is 0 Å². The summed E-state index contributed by atoms with van der Waals surface area (Å²) in [6, 6.07) is 0. The highest BCUT2D eigenvalue weighted by atomic mass is 16.6. The molecule has 0 spiro atoms. The molecule has 0 aliphatic rings. The molecule has 1 atom stereocenters. The number of rotatable bonds is 63. The zero-order valence-corrected chi connectivity index (χ0v) is 54.4. The van der Waals surface area contributed by atoms with Gasteiger partial charge < -0.3 is 14.2 Å². The highest BCUT2D eigenvalue weighted by molar-refractivity contribution is 5.71. The van der Waals surface area contributed by atoms with Crippen molar-refractivity contribution in [2.45, 2.75) is 335 Å². The van der Waals surface area contributed by atoms with Gasteiger partial charge in [-0.2, -0.15) is 0 Å². The van der Waals surface area contributed by atoms with Gasteiger partial charge in [-0.15, -0.1) is 0 Å². The maximum Gasteiger partial charge on any atom is 0.306 e. The highest BCUT2D eigenvalue weighted by Gasteiger charge is 2.19. The smallest absolute Gasteiger partial charge is 0.306 e. The van der Waals surface area contributed by atoms with Gasteiger partial charge in [0.05, 0.1) is 0 Å². The number of unbranched alkanes of at least 4 members (excludes halogenated alkanes) is 32. The zero-order valence-electron chi connectivity index (χ0n) is 54.4. The number of hydrogen-bond acceptors (Lipinski definition) is 6. The molecule has 6 heteroatoms. The van der Waals surface area contributed by atoms with Gasteiger partial charge in [-0.1, -0.05) is 296 Å². The van der Waals surface area contributed by atoms with Crippen LogP contribution >= 0.6 is 0 Å².